The number of benzene rings is 1. The van der Waals surface area contributed by atoms with Gasteiger partial charge in [0.2, 0.25) is 11.6 Å². The zero-order valence-electron chi connectivity index (χ0n) is 16.2. The number of nitrogens with one attached hydrogen (secondary N) is 1. The van der Waals surface area contributed by atoms with E-state index >= 15 is 0 Å². The molecule has 144 valence electrons. The first-order valence-electron chi connectivity index (χ1n) is 9.03. The van der Waals surface area contributed by atoms with Crippen LogP contribution in [0.3, 0.4) is 0 Å². The second-order valence-electron chi connectivity index (χ2n) is 6.48. The lowest BCUT2D eigenvalue weighted by Crippen LogP contribution is -2.09. The van der Waals surface area contributed by atoms with Crippen molar-refractivity contribution in [2.75, 3.05) is 5.32 Å². The minimum absolute atomic E-state index is 0.123. The lowest BCUT2D eigenvalue weighted by molar-refractivity contribution is -0.114. The molecule has 0 atom stereocenters. The number of hydrogen-bond acceptors (Lipinski definition) is 4. The van der Waals surface area contributed by atoms with Crippen LogP contribution in [0.15, 0.2) is 40.8 Å². The third-order valence-electron chi connectivity index (χ3n) is 4.52. The molecule has 0 saturated carbocycles. The number of nitrogens with zero attached hydrogens (tertiary/aromatic N) is 1. The maximum Gasteiger partial charge on any atom is 0.229 e. The predicted molar refractivity (Wildman–Crippen MR) is 113 cm³/mol. The van der Waals surface area contributed by atoms with Gasteiger partial charge in [-0.15, -0.1) is 0 Å². The minimum atomic E-state index is -0.283. The molecule has 0 aliphatic carbocycles. The second kappa shape index (κ2) is 7.98. The number of amides is 1. The van der Waals surface area contributed by atoms with Crippen molar-refractivity contribution in [3.8, 4) is 11.1 Å². The number of Topliss-reactive ketones (excluding diaryl/α,β-unsaturated/α-hetero) is 1. The van der Waals surface area contributed by atoms with Gasteiger partial charge >= 0.3 is 0 Å². The molecule has 2 aromatic heterocycles. The molecule has 2 heterocycles. The molecule has 1 N–H and O–H groups in total. The maximum absolute atomic E-state index is 12.4. The molecular formula is C22H21ClN2O3. The van der Waals surface area contributed by atoms with Crippen LogP contribution in [-0.4, -0.2) is 16.7 Å². The van der Waals surface area contributed by atoms with Crippen LogP contribution in [0.4, 0.5) is 5.69 Å². The molecule has 0 unspecified atom stereocenters. The van der Waals surface area contributed by atoms with E-state index < -0.39 is 0 Å². The quantitative estimate of drug-likeness (QED) is 0.527. The van der Waals surface area contributed by atoms with Gasteiger partial charge in [-0.25, -0.2) is 4.98 Å². The van der Waals surface area contributed by atoms with Gasteiger partial charge in [0.1, 0.15) is 5.69 Å². The number of anilines is 1. The fourth-order valence-corrected chi connectivity index (χ4v) is 3.09. The first kappa shape index (κ1) is 19.8. The van der Waals surface area contributed by atoms with Crippen molar-refractivity contribution in [2.45, 2.75) is 34.1 Å². The van der Waals surface area contributed by atoms with E-state index in [1.807, 2.05) is 50.3 Å². The van der Waals surface area contributed by atoms with Crippen LogP contribution in [-0.2, 0) is 4.79 Å². The number of aromatic nitrogens is 1. The Balaban J connectivity index is 2.36. The monoisotopic (exact) mass is 396 g/mol. The molecular weight excluding hydrogens is 376 g/mol. The van der Waals surface area contributed by atoms with Gasteiger partial charge < -0.3 is 9.73 Å². The molecule has 28 heavy (non-hydrogen) atoms. The number of allylic oxidation sites excluding steroid dienone is 2. The SMILES string of the molecule is C/C=C(\C)c1nc2oc(C(=O)CC)c(NC(C)=O)c2cc1-c1ccc(Cl)cc1. The molecule has 0 aliphatic rings. The third kappa shape index (κ3) is 3.71. The number of halogens is 1. The summed E-state index contributed by atoms with van der Waals surface area (Å²) in [6.45, 7) is 7.03. The number of pyridine rings is 1. The zero-order chi connectivity index (χ0) is 20.4. The Bertz CT molecular complexity index is 1100. The highest BCUT2D eigenvalue weighted by atomic mass is 35.5. The highest BCUT2D eigenvalue weighted by Gasteiger charge is 2.23. The Labute approximate surface area is 168 Å². The highest BCUT2D eigenvalue weighted by molar-refractivity contribution is 6.30. The van der Waals surface area contributed by atoms with Crippen molar-refractivity contribution in [2.24, 2.45) is 0 Å². The Kier molecular flexibility index (Phi) is 5.66. The van der Waals surface area contributed by atoms with Gasteiger partial charge in [0.05, 0.1) is 11.1 Å². The van der Waals surface area contributed by atoms with Crippen molar-refractivity contribution in [3.05, 3.63) is 52.9 Å². The van der Waals surface area contributed by atoms with Crippen LogP contribution in [0, 0.1) is 0 Å². The molecule has 3 aromatic rings. The molecule has 0 radical (unpaired) electrons. The molecule has 6 heteroatoms. The summed E-state index contributed by atoms with van der Waals surface area (Å²) < 4.78 is 5.77. The number of ketones is 1. The minimum Gasteiger partial charge on any atom is -0.432 e. The van der Waals surface area contributed by atoms with E-state index in [0.29, 0.717) is 21.8 Å². The first-order chi connectivity index (χ1) is 13.3. The predicted octanol–water partition coefficient (Wildman–Crippen LogP) is 6.12. The summed E-state index contributed by atoms with van der Waals surface area (Å²) in [4.78, 5) is 28.8. The third-order valence-corrected chi connectivity index (χ3v) is 4.77. The number of carbonyl (C=O) groups is 2. The van der Waals surface area contributed by atoms with E-state index in [9.17, 15) is 9.59 Å². The van der Waals surface area contributed by atoms with Crippen molar-refractivity contribution < 1.29 is 14.0 Å². The molecule has 0 aliphatic heterocycles. The summed E-state index contributed by atoms with van der Waals surface area (Å²) in [6, 6.07) is 9.34. The maximum atomic E-state index is 12.4. The number of furan rings is 1. The van der Waals surface area contributed by atoms with Gasteiger partial charge in [0.25, 0.3) is 0 Å². The van der Waals surface area contributed by atoms with E-state index in [1.165, 1.54) is 6.92 Å². The number of carbonyl (C=O) groups excluding carboxylic acids is 2. The van der Waals surface area contributed by atoms with Crippen LogP contribution in [0.2, 0.25) is 5.02 Å². The van der Waals surface area contributed by atoms with Gasteiger partial charge in [-0.1, -0.05) is 36.7 Å². The standard InChI is InChI=1S/C22H21ClN2O3/c1-5-12(3)19-16(14-7-9-15(23)10-8-14)11-17-20(24-13(4)26)21(18(27)6-2)28-22(17)25-19/h5,7-11H,6H2,1-4H3,(H,24,26)/b12-5+. The molecule has 0 saturated heterocycles. The summed E-state index contributed by atoms with van der Waals surface area (Å²) in [5.41, 5.74) is 4.18. The molecule has 0 spiro atoms. The second-order valence-corrected chi connectivity index (χ2v) is 6.92. The lowest BCUT2D eigenvalue weighted by Gasteiger charge is -2.10. The average molecular weight is 397 g/mol. The van der Waals surface area contributed by atoms with Gasteiger partial charge in [0.15, 0.2) is 11.5 Å². The zero-order valence-corrected chi connectivity index (χ0v) is 17.0. The van der Waals surface area contributed by atoms with Crippen LogP contribution >= 0.6 is 11.6 Å². The average Bonchev–Trinajstić information content (AvgIpc) is 3.03. The van der Waals surface area contributed by atoms with E-state index in [1.54, 1.807) is 6.92 Å². The van der Waals surface area contributed by atoms with Crippen LogP contribution in [0.1, 0.15) is 50.4 Å². The molecule has 1 amide bonds. The van der Waals surface area contributed by atoms with E-state index in [0.717, 1.165) is 22.4 Å². The Hall–Kier alpha value is -2.92. The van der Waals surface area contributed by atoms with E-state index in [-0.39, 0.29) is 23.9 Å². The largest absolute Gasteiger partial charge is 0.432 e. The molecule has 0 fully saturated rings. The molecule has 0 bridgehead atoms. The van der Waals surface area contributed by atoms with Gasteiger partial charge in [-0.05, 0) is 43.2 Å². The Morgan fingerprint density at radius 2 is 1.89 bits per heavy atom. The fourth-order valence-electron chi connectivity index (χ4n) is 2.97. The van der Waals surface area contributed by atoms with E-state index in [4.69, 9.17) is 16.0 Å². The summed E-state index contributed by atoms with van der Waals surface area (Å²) in [7, 11) is 0. The molecule has 1 aromatic carbocycles. The lowest BCUT2D eigenvalue weighted by atomic mass is 9.98. The van der Waals surface area contributed by atoms with Crippen molar-refractivity contribution in [3.63, 3.8) is 0 Å². The topological polar surface area (TPSA) is 72.2 Å². The summed E-state index contributed by atoms with van der Waals surface area (Å²) in [6.07, 6.45) is 2.22. The number of rotatable bonds is 5. The first-order valence-corrected chi connectivity index (χ1v) is 9.41. The normalized spacial score (nSPS) is 11.7. The van der Waals surface area contributed by atoms with Gasteiger partial charge in [0, 0.05) is 23.9 Å². The number of fused-ring (bicyclic) bond motifs is 1. The smallest absolute Gasteiger partial charge is 0.229 e. The molecule has 5 nitrogen and oxygen atoms in total. The Morgan fingerprint density at radius 3 is 2.46 bits per heavy atom. The molecule has 3 rings (SSSR count). The van der Waals surface area contributed by atoms with Gasteiger partial charge in [-0.3, -0.25) is 9.59 Å². The fraction of sp³-hybridized carbons (Fsp3) is 0.227. The van der Waals surface area contributed by atoms with Crippen LogP contribution in [0.25, 0.3) is 27.8 Å². The summed E-state index contributed by atoms with van der Waals surface area (Å²) >= 11 is 6.03. The van der Waals surface area contributed by atoms with Gasteiger partial charge in [-0.2, -0.15) is 0 Å². The van der Waals surface area contributed by atoms with E-state index in [2.05, 4.69) is 10.3 Å². The summed E-state index contributed by atoms with van der Waals surface area (Å²) in [5.74, 6) is -0.355. The van der Waals surface area contributed by atoms with Crippen molar-refractivity contribution in [1.29, 1.82) is 0 Å². The van der Waals surface area contributed by atoms with Crippen molar-refractivity contribution >= 4 is 45.7 Å². The number of hydrogen-bond donors (Lipinski definition) is 1. The van der Waals surface area contributed by atoms with Crippen LogP contribution in [0.5, 0.6) is 0 Å². The van der Waals surface area contributed by atoms with Crippen molar-refractivity contribution in [1.82, 2.24) is 4.98 Å². The Morgan fingerprint density at radius 1 is 1.21 bits per heavy atom. The highest BCUT2D eigenvalue weighted by Crippen LogP contribution is 2.37. The van der Waals surface area contributed by atoms with Crippen LogP contribution < -0.4 is 5.32 Å². The summed E-state index contributed by atoms with van der Waals surface area (Å²) in [5, 5.41) is 3.96.